The van der Waals surface area contributed by atoms with Gasteiger partial charge in [0.2, 0.25) is 11.8 Å². The Morgan fingerprint density at radius 1 is 1.69 bits per heavy atom. The Hall–Kier alpha value is -1.50. The van der Waals surface area contributed by atoms with Gasteiger partial charge in [0, 0.05) is 12.5 Å². The van der Waals surface area contributed by atoms with Crippen LogP contribution in [0.5, 0.6) is 0 Å². The van der Waals surface area contributed by atoms with E-state index in [0.717, 1.165) is 0 Å². The van der Waals surface area contributed by atoms with E-state index in [4.69, 9.17) is 6.42 Å². The third-order valence-corrected chi connectivity index (χ3v) is 2.02. The van der Waals surface area contributed by atoms with Gasteiger partial charge in [0.15, 0.2) is 0 Å². The molecule has 0 saturated carbocycles. The number of rotatable bonds is 2. The summed E-state index contributed by atoms with van der Waals surface area (Å²) in [6, 6.07) is -0.0523. The van der Waals surface area contributed by atoms with Gasteiger partial charge < -0.3 is 10.2 Å². The molecule has 1 N–H and O–H groups in total. The molecule has 1 saturated heterocycles. The van der Waals surface area contributed by atoms with Crippen LogP contribution < -0.4 is 5.32 Å². The average molecular weight is 180 g/mol. The van der Waals surface area contributed by atoms with Gasteiger partial charge in [-0.2, -0.15) is 0 Å². The van der Waals surface area contributed by atoms with Crippen molar-refractivity contribution in [2.45, 2.75) is 19.4 Å². The highest BCUT2D eigenvalue weighted by Gasteiger charge is 2.26. The van der Waals surface area contributed by atoms with E-state index in [9.17, 15) is 9.59 Å². The second-order valence-corrected chi connectivity index (χ2v) is 3.06. The van der Waals surface area contributed by atoms with Gasteiger partial charge in [0.1, 0.15) is 0 Å². The average Bonchev–Trinajstić information content (AvgIpc) is 2.09. The van der Waals surface area contributed by atoms with Gasteiger partial charge in [-0.3, -0.25) is 9.59 Å². The monoisotopic (exact) mass is 180 g/mol. The summed E-state index contributed by atoms with van der Waals surface area (Å²) >= 11 is 0. The molecule has 0 aromatic carbocycles. The number of terminal acetylenes is 1. The minimum Gasteiger partial charge on any atom is -0.345 e. The largest absolute Gasteiger partial charge is 0.345 e. The van der Waals surface area contributed by atoms with E-state index in [1.54, 1.807) is 0 Å². The van der Waals surface area contributed by atoms with E-state index in [1.165, 1.54) is 4.90 Å². The lowest BCUT2D eigenvalue weighted by atomic mass is 10.2. The smallest absolute Gasteiger partial charge is 0.242 e. The molecular formula is C9H12N2O2. The highest BCUT2D eigenvalue weighted by molar-refractivity contribution is 5.92. The third-order valence-electron chi connectivity index (χ3n) is 2.02. The van der Waals surface area contributed by atoms with E-state index in [-0.39, 0.29) is 30.9 Å². The van der Waals surface area contributed by atoms with Crippen LogP contribution in [0.25, 0.3) is 0 Å². The van der Waals surface area contributed by atoms with E-state index in [0.29, 0.717) is 6.42 Å². The zero-order valence-electron chi connectivity index (χ0n) is 7.54. The molecule has 4 nitrogen and oxygen atoms in total. The minimum absolute atomic E-state index is 0.0523. The summed E-state index contributed by atoms with van der Waals surface area (Å²) in [6.07, 6.45) is 5.61. The van der Waals surface area contributed by atoms with Gasteiger partial charge in [0.25, 0.3) is 0 Å². The Morgan fingerprint density at radius 3 is 3.00 bits per heavy atom. The van der Waals surface area contributed by atoms with Gasteiger partial charge in [-0.15, -0.1) is 12.3 Å². The molecule has 1 atom stereocenters. The van der Waals surface area contributed by atoms with Crippen LogP contribution in [-0.2, 0) is 9.59 Å². The number of hydrogen-bond acceptors (Lipinski definition) is 2. The maximum absolute atomic E-state index is 11.3. The van der Waals surface area contributed by atoms with Gasteiger partial charge >= 0.3 is 0 Å². The fourth-order valence-corrected chi connectivity index (χ4v) is 1.26. The van der Waals surface area contributed by atoms with Crippen molar-refractivity contribution in [3.8, 4) is 12.3 Å². The Morgan fingerprint density at radius 2 is 2.38 bits per heavy atom. The molecule has 13 heavy (non-hydrogen) atoms. The van der Waals surface area contributed by atoms with Crippen LogP contribution in [0.4, 0.5) is 0 Å². The molecule has 0 aromatic rings. The predicted octanol–water partition coefficient (Wildman–Crippen LogP) is -0.643. The number of nitrogens with one attached hydrogen (secondary N) is 1. The molecule has 0 radical (unpaired) electrons. The van der Waals surface area contributed by atoms with Crippen LogP contribution in [0.1, 0.15) is 13.3 Å². The summed E-state index contributed by atoms with van der Waals surface area (Å²) in [6.45, 7) is 2.06. The van der Waals surface area contributed by atoms with E-state index < -0.39 is 0 Å². The Kier molecular flexibility index (Phi) is 2.91. The molecule has 0 bridgehead atoms. The fraction of sp³-hybridized carbons (Fsp3) is 0.556. The van der Waals surface area contributed by atoms with Gasteiger partial charge in [-0.1, -0.05) is 0 Å². The number of carbonyl (C=O) groups excluding carboxylic acids is 2. The maximum atomic E-state index is 11.3. The zero-order valence-corrected chi connectivity index (χ0v) is 7.54. The molecular weight excluding hydrogens is 168 g/mol. The van der Waals surface area contributed by atoms with Crippen LogP contribution in [0, 0.1) is 12.3 Å². The third kappa shape index (κ3) is 2.22. The molecule has 2 amide bonds. The molecule has 4 heteroatoms. The van der Waals surface area contributed by atoms with Crippen molar-refractivity contribution in [1.29, 1.82) is 0 Å². The van der Waals surface area contributed by atoms with Crippen LogP contribution in [0.15, 0.2) is 0 Å². The highest BCUT2D eigenvalue weighted by Crippen LogP contribution is 2.05. The van der Waals surface area contributed by atoms with Crippen LogP contribution >= 0.6 is 0 Å². The van der Waals surface area contributed by atoms with Crippen molar-refractivity contribution in [1.82, 2.24) is 10.2 Å². The molecule has 1 heterocycles. The normalized spacial score (nSPS) is 19.2. The van der Waals surface area contributed by atoms with Crippen LogP contribution in [0.3, 0.4) is 0 Å². The molecule has 1 aliphatic heterocycles. The Balaban J connectivity index is 2.61. The van der Waals surface area contributed by atoms with Gasteiger partial charge in [0.05, 0.1) is 13.1 Å². The van der Waals surface area contributed by atoms with Crippen molar-refractivity contribution < 1.29 is 9.59 Å². The van der Waals surface area contributed by atoms with Gasteiger partial charge in [-0.05, 0) is 6.92 Å². The second-order valence-electron chi connectivity index (χ2n) is 3.06. The van der Waals surface area contributed by atoms with Crippen molar-refractivity contribution in [3.05, 3.63) is 0 Å². The number of nitrogens with zero attached hydrogens (tertiary/aromatic N) is 1. The molecule has 1 aliphatic rings. The molecule has 0 aromatic heterocycles. The van der Waals surface area contributed by atoms with Crippen molar-refractivity contribution >= 4 is 11.8 Å². The first kappa shape index (κ1) is 9.59. The molecule has 1 rings (SSSR count). The summed E-state index contributed by atoms with van der Waals surface area (Å²) in [7, 11) is 0. The standard InChI is InChI=1S/C9H12N2O2/c1-3-4-7(2)11-6-8(12)10-5-9(11)13/h1,7H,4-6H2,2H3,(H,10,12). The highest BCUT2D eigenvalue weighted by atomic mass is 16.2. The SMILES string of the molecule is C#CCC(C)N1CC(=O)NCC1=O. The molecule has 0 aliphatic carbocycles. The molecule has 1 fully saturated rings. The fourth-order valence-electron chi connectivity index (χ4n) is 1.26. The second kappa shape index (κ2) is 3.94. The maximum Gasteiger partial charge on any atom is 0.242 e. The van der Waals surface area contributed by atoms with Crippen molar-refractivity contribution in [2.75, 3.05) is 13.1 Å². The summed E-state index contributed by atoms with van der Waals surface area (Å²) in [5.74, 6) is 2.29. The summed E-state index contributed by atoms with van der Waals surface area (Å²) in [4.78, 5) is 23.8. The first-order valence-corrected chi connectivity index (χ1v) is 4.14. The summed E-state index contributed by atoms with van der Waals surface area (Å²) in [5, 5.41) is 2.48. The zero-order chi connectivity index (χ0) is 9.84. The number of amides is 2. The number of hydrogen-bond donors (Lipinski definition) is 1. The van der Waals surface area contributed by atoms with Crippen molar-refractivity contribution in [3.63, 3.8) is 0 Å². The van der Waals surface area contributed by atoms with Gasteiger partial charge in [-0.25, -0.2) is 0 Å². The molecule has 1 unspecified atom stereocenters. The number of carbonyl (C=O) groups is 2. The first-order valence-electron chi connectivity index (χ1n) is 4.14. The summed E-state index contributed by atoms with van der Waals surface area (Å²) < 4.78 is 0. The van der Waals surface area contributed by atoms with E-state index in [1.807, 2.05) is 6.92 Å². The summed E-state index contributed by atoms with van der Waals surface area (Å²) in [5.41, 5.74) is 0. The minimum atomic E-state index is -0.122. The van der Waals surface area contributed by atoms with E-state index in [2.05, 4.69) is 11.2 Å². The van der Waals surface area contributed by atoms with Crippen LogP contribution in [0.2, 0.25) is 0 Å². The van der Waals surface area contributed by atoms with Crippen LogP contribution in [-0.4, -0.2) is 35.8 Å². The van der Waals surface area contributed by atoms with Crippen molar-refractivity contribution in [2.24, 2.45) is 0 Å². The molecule has 0 spiro atoms. The topological polar surface area (TPSA) is 49.4 Å². The number of piperazine rings is 1. The lowest BCUT2D eigenvalue weighted by Gasteiger charge is -2.31. The van der Waals surface area contributed by atoms with E-state index >= 15 is 0 Å². The Bertz CT molecular complexity index is 267. The lowest BCUT2D eigenvalue weighted by molar-refractivity contribution is -0.142. The Labute approximate surface area is 77.3 Å². The predicted molar refractivity (Wildman–Crippen MR) is 47.6 cm³/mol. The molecule has 70 valence electrons. The quantitative estimate of drug-likeness (QED) is 0.574. The lowest BCUT2D eigenvalue weighted by Crippen LogP contribution is -2.54. The first-order chi connectivity index (χ1) is 6.15.